The maximum absolute atomic E-state index is 11.8. The lowest BCUT2D eigenvalue weighted by molar-refractivity contribution is 0.0599. The van der Waals surface area contributed by atoms with Crippen LogP contribution in [0.25, 0.3) is 21.7 Å². The number of carbonyl (C=O) groups excluding carboxylic acids is 1. The first kappa shape index (κ1) is 22.6. The van der Waals surface area contributed by atoms with Crippen LogP contribution in [-0.4, -0.2) is 48.1 Å². The maximum Gasteiger partial charge on any atom is 0.195 e. The minimum absolute atomic E-state index is 0.105. The minimum Gasteiger partial charge on any atom is -0.490 e. The molecule has 5 heteroatoms. The van der Waals surface area contributed by atoms with Crippen LogP contribution in [0.1, 0.15) is 47.4 Å². The fraction of sp³-hybridized carbons (Fsp3) is 0.345. The molecular weight excluding hydrogens is 426 g/mol. The molecule has 0 spiro atoms. The van der Waals surface area contributed by atoms with Crippen LogP contribution in [-0.2, 0) is 0 Å². The van der Waals surface area contributed by atoms with E-state index in [1.54, 1.807) is 0 Å². The summed E-state index contributed by atoms with van der Waals surface area (Å²) in [6, 6.07) is 20.8. The summed E-state index contributed by atoms with van der Waals surface area (Å²) in [5, 5.41) is 14.0. The van der Waals surface area contributed by atoms with Gasteiger partial charge in [-0.2, -0.15) is 0 Å². The molecule has 34 heavy (non-hydrogen) atoms. The number of Topliss-reactive ketones (excluding diaryl/α,β-unsaturated/α-hetero) is 1. The predicted octanol–water partition coefficient (Wildman–Crippen LogP) is 5.72. The first-order valence-corrected chi connectivity index (χ1v) is 12.0. The monoisotopic (exact) mass is 457 g/mol. The van der Waals surface area contributed by atoms with Crippen molar-refractivity contribution in [1.29, 1.82) is 0 Å². The van der Waals surface area contributed by atoms with Gasteiger partial charge in [-0.05, 0) is 67.2 Å². The Labute approximate surface area is 199 Å². The van der Waals surface area contributed by atoms with Gasteiger partial charge in [0.25, 0.3) is 0 Å². The highest BCUT2D eigenvalue weighted by atomic mass is 16.5. The Kier molecular flexibility index (Phi) is 6.40. The molecule has 0 saturated carbocycles. The van der Waals surface area contributed by atoms with Gasteiger partial charge in [-0.3, -0.25) is 4.79 Å². The molecule has 1 atom stereocenters. The van der Waals surface area contributed by atoms with E-state index in [4.69, 9.17) is 9.15 Å². The summed E-state index contributed by atoms with van der Waals surface area (Å²) in [5.41, 5.74) is 2.82. The number of ether oxygens (including phenoxy) is 1. The number of rotatable bonds is 7. The Balaban J connectivity index is 1.16. The highest BCUT2D eigenvalue weighted by Gasteiger charge is 2.23. The van der Waals surface area contributed by atoms with Gasteiger partial charge in [0.05, 0.1) is 5.39 Å². The molecule has 1 N–H and O–H groups in total. The van der Waals surface area contributed by atoms with Gasteiger partial charge >= 0.3 is 0 Å². The largest absolute Gasteiger partial charge is 0.490 e. The molecule has 1 saturated heterocycles. The highest BCUT2D eigenvalue weighted by molar-refractivity contribution is 6.00. The summed E-state index contributed by atoms with van der Waals surface area (Å²) in [5.74, 6) is 1.46. The smallest absolute Gasteiger partial charge is 0.195 e. The molecule has 4 aromatic rings. The zero-order valence-electron chi connectivity index (χ0n) is 19.8. The van der Waals surface area contributed by atoms with E-state index >= 15 is 0 Å². The number of likely N-dealkylation sites (tertiary alicyclic amines) is 1. The molecular formula is C29H31NO4. The van der Waals surface area contributed by atoms with Crippen LogP contribution in [0, 0.1) is 6.92 Å². The molecule has 1 unspecified atom stereocenters. The molecule has 0 bridgehead atoms. The standard InChI is InChI=1S/C29H31NO4/c1-19-28-26(8-5-9-27(28)34-29(19)20(2)31)33-18-25(32)17-30-14-12-22(13-15-30)24-11-10-21-6-3-4-7-23(21)16-24/h3-11,16,22,25,32H,12-15,17-18H2,1-2H3. The number of aliphatic hydroxyl groups is 1. The third-order valence-corrected chi connectivity index (χ3v) is 6.97. The average Bonchev–Trinajstić information content (AvgIpc) is 3.20. The SMILES string of the molecule is CC(=O)c1oc2cccc(OCC(O)CN3CCC(c4ccc5ccccc5c4)CC3)c2c1C. The molecule has 1 aliphatic heterocycles. The topological polar surface area (TPSA) is 62.9 Å². The summed E-state index contributed by atoms with van der Waals surface area (Å²) in [6.45, 7) is 6.08. The van der Waals surface area contributed by atoms with E-state index in [0.717, 1.165) is 36.9 Å². The number of aryl methyl sites for hydroxylation is 1. The Morgan fingerprint density at radius 2 is 1.85 bits per heavy atom. The van der Waals surface area contributed by atoms with E-state index in [2.05, 4.69) is 47.4 Å². The van der Waals surface area contributed by atoms with Crippen molar-refractivity contribution >= 4 is 27.5 Å². The molecule has 0 aliphatic carbocycles. The van der Waals surface area contributed by atoms with Crippen molar-refractivity contribution in [2.24, 2.45) is 0 Å². The third kappa shape index (κ3) is 4.59. The summed E-state index contributed by atoms with van der Waals surface area (Å²) in [4.78, 5) is 14.1. The summed E-state index contributed by atoms with van der Waals surface area (Å²) in [7, 11) is 0. The molecule has 3 aromatic carbocycles. The predicted molar refractivity (Wildman–Crippen MR) is 135 cm³/mol. The van der Waals surface area contributed by atoms with E-state index in [1.165, 1.54) is 23.3 Å². The second-order valence-electron chi connectivity index (χ2n) is 9.39. The number of hydrogen-bond acceptors (Lipinski definition) is 5. The first-order valence-electron chi connectivity index (χ1n) is 12.0. The second kappa shape index (κ2) is 9.61. The lowest BCUT2D eigenvalue weighted by Crippen LogP contribution is -2.40. The van der Waals surface area contributed by atoms with Gasteiger partial charge in [0.1, 0.15) is 24.0 Å². The van der Waals surface area contributed by atoms with Crippen LogP contribution in [0.3, 0.4) is 0 Å². The lowest BCUT2D eigenvalue weighted by Gasteiger charge is -2.33. The van der Waals surface area contributed by atoms with E-state index in [0.29, 0.717) is 29.6 Å². The van der Waals surface area contributed by atoms with Crippen molar-refractivity contribution in [3.63, 3.8) is 0 Å². The number of aliphatic hydroxyl groups excluding tert-OH is 1. The van der Waals surface area contributed by atoms with Gasteiger partial charge in [-0.25, -0.2) is 0 Å². The van der Waals surface area contributed by atoms with Crippen LogP contribution < -0.4 is 4.74 Å². The number of ketones is 1. The van der Waals surface area contributed by atoms with Crippen LogP contribution in [0.15, 0.2) is 65.1 Å². The number of β-amino-alcohol motifs (C(OH)–C–C–N with tert-alkyl or cyclic N) is 1. The van der Waals surface area contributed by atoms with Crippen LogP contribution in [0.5, 0.6) is 5.75 Å². The molecule has 0 radical (unpaired) electrons. The highest BCUT2D eigenvalue weighted by Crippen LogP contribution is 2.34. The number of fused-ring (bicyclic) bond motifs is 2. The van der Waals surface area contributed by atoms with E-state index < -0.39 is 6.10 Å². The van der Waals surface area contributed by atoms with E-state index in [1.807, 2.05) is 25.1 Å². The Bertz CT molecular complexity index is 1320. The van der Waals surface area contributed by atoms with Crippen LogP contribution in [0.2, 0.25) is 0 Å². The van der Waals surface area contributed by atoms with Gasteiger partial charge in [-0.1, -0.05) is 48.5 Å². The van der Waals surface area contributed by atoms with Gasteiger partial charge in [-0.15, -0.1) is 0 Å². The first-order chi connectivity index (χ1) is 16.5. The van der Waals surface area contributed by atoms with Crippen molar-refractivity contribution in [3.05, 3.63) is 77.6 Å². The number of nitrogens with zero attached hydrogens (tertiary/aromatic N) is 1. The Morgan fingerprint density at radius 3 is 2.62 bits per heavy atom. The quantitative estimate of drug-likeness (QED) is 0.360. The number of piperidine rings is 1. The lowest BCUT2D eigenvalue weighted by atomic mass is 9.88. The van der Waals surface area contributed by atoms with Crippen molar-refractivity contribution in [2.75, 3.05) is 26.2 Å². The fourth-order valence-corrected chi connectivity index (χ4v) is 5.17. The zero-order valence-corrected chi connectivity index (χ0v) is 19.8. The number of furan rings is 1. The van der Waals surface area contributed by atoms with Crippen LogP contribution in [0.4, 0.5) is 0 Å². The number of benzene rings is 3. The number of carbonyl (C=O) groups is 1. The van der Waals surface area contributed by atoms with Gasteiger partial charge in [0, 0.05) is 19.0 Å². The summed E-state index contributed by atoms with van der Waals surface area (Å²) in [6.07, 6.45) is 1.59. The van der Waals surface area contributed by atoms with Gasteiger partial charge in [0.2, 0.25) is 0 Å². The van der Waals surface area contributed by atoms with Crippen LogP contribution >= 0.6 is 0 Å². The molecule has 1 fully saturated rings. The zero-order chi connectivity index (χ0) is 23.7. The van der Waals surface area contributed by atoms with Gasteiger partial charge in [0.15, 0.2) is 11.5 Å². The average molecular weight is 458 g/mol. The van der Waals surface area contributed by atoms with E-state index in [-0.39, 0.29) is 12.4 Å². The van der Waals surface area contributed by atoms with Crippen molar-refractivity contribution in [1.82, 2.24) is 4.90 Å². The molecule has 5 nitrogen and oxygen atoms in total. The van der Waals surface area contributed by atoms with Gasteiger partial charge < -0.3 is 19.2 Å². The third-order valence-electron chi connectivity index (χ3n) is 6.97. The van der Waals surface area contributed by atoms with Crippen molar-refractivity contribution in [3.8, 4) is 5.75 Å². The molecule has 0 amide bonds. The maximum atomic E-state index is 11.8. The fourth-order valence-electron chi connectivity index (χ4n) is 5.17. The molecule has 5 rings (SSSR count). The molecule has 1 aliphatic rings. The van der Waals surface area contributed by atoms with E-state index in [9.17, 15) is 9.90 Å². The Morgan fingerprint density at radius 1 is 1.09 bits per heavy atom. The second-order valence-corrected chi connectivity index (χ2v) is 9.39. The van der Waals surface area contributed by atoms with Crippen molar-refractivity contribution in [2.45, 2.75) is 38.7 Å². The number of hydrogen-bond donors (Lipinski definition) is 1. The molecule has 176 valence electrons. The normalized spacial score (nSPS) is 16.2. The molecule has 1 aromatic heterocycles. The Hall–Kier alpha value is -3.15. The minimum atomic E-state index is -0.591. The van der Waals surface area contributed by atoms with Crippen molar-refractivity contribution < 1.29 is 19.1 Å². The molecule has 2 heterocycles. The summed E-state index contributed by atoms with van der Waals surface area (Å²) < 4.78 is 11.7. The summed E-state index contributed by atoms with van der Waals surface area (Å²) >= 11 is 0.